The highest BCUT2D eigenvalue weighted by atomic mass is 31.2. The van der Waals surface area contributed by atoms with E-state index < -0.39 is 26.6 Å². The lowest BCUT2D eigenvalue weighted by molar-refractivity contribution is -0.870. The van der Waals surface area contributed by atoms with Crippen LogP contribution in [0.2, 0.25) is 0 Å². The number of hydrogen-bond donors (Lipinski definition) is 2. The quantitative estimate of drug-likeness (QED) is 0.0272. The molecule has 464 valence electrons. The van der Waals surface area contributed by atoms with E-state index in [1.54, 1.807) is 6.08 Å². The Bertz CT molecular complexity index is 1470. The number of aliphatic hydroxyl groups excluding tert-OH is 1. The summed E-state index contributed by atoms with van der Waals surface area (Å²) in [5, 5.41) is 13.9. The Morgan fingerprint density at radius 3 is 1.10 bits per heavy atom. The van der Waals surface area contributed by atoms with Gasteiger partial charge in [-0.15, -0.1) is 0 Å². The van der Waals surface area contributed by atoms with Gasteiger partial charge in [-0.1, -0.05) is 306 Å². The Balaban J connectivity index is 4.15. The molecule has 0 aliphatic heterocycles. The lowest BCUT2D eigenvalue weighted by Gasteiger charge is -2.29. The summed E-state index contributed by atoms with van der Waals surface area (Å²) >= 11 is 0. The van der Waals surface area contributed by atoms with Crippen molar-refractivity contribution in [3.05, 3.63) is 60.8 Å². The summed E-state index contributed by atoms with van der Waals surface area (Å²) in [7, 11) is 1.24. The number of nitrogens with one attached hydrogen (secondary N) is 1. The van der Waals surface area contributed by atoms with Gasteiger partial charge in [-0.3, -0.25) is 9.36 Å². The molecule has 0 fully saturated rings. The van der Waals surface area contributed by atoms with Gasteiger partial charge in [-0.05, 0) is 77.0 Å². The molecule has 0 saturated heterocycles. The van der Waals surface area contributed by atoms with Gasteiger partial charge in [-0.2, -0.15) is 0 Å². The van der Waals surface area contributed by atoms with Crippen molar-refractivity contribution in [2.45, 2.75) is 341 Å². The minimum absolute atomic E-state index is 0.0101. The van der Waals surface area contributed by atoms with Crippen LogP contribution in [0, 0.1) is 0 Å². The van der Waals surface area contributed by atoms with E-state index in [2.05, 4.69) is 67.8 Å². The van der Waals surface area contributed by atoms with Gasteiger partial charge in [0.1, 0.15) is 13.2 Å². The first kappa shape index (κ1) is 77.2. The maximum atomic E-state index is 13.0. The molecule has 1 amide bonds. The molecule has 8 nitrogen and oxygen atoms in total. The number of allylic oxidation sites excluding steroid dienone is 9. The first-order chi connectivity index (χ1) is 38.5. The number of unbranched alkanes of at least 4 members (excludes halogenated alkanes) is 42. The maximum absolute atomic E-state index is 13.0. The standard InChI is InChI=1S/C70H133N2O6P/c1-6-8-10-12-14-16-18-20-22-24-26-28-30-32-33-34-35-36-37-38-40-41-43-45-47-49-51-53-55-57-59-61-63-69(73)68(67-78-79(75,76)77-66-65-72(3,4)5)71-70(74)64-62-60-58-56-54-52-50-48-46-44-42-39-31-29-27-25-23-21-19-17-15-13-11-9-7-2/h19,21,25,27,45,47,53,55,61,63,68-69,73H,6-18,20,22-24,26,28-44,46,48-52,54,56-60,62,64-67H2,1-5H3,(H-,71,74,75,76)/b21-19-,27-25-,47-45+,55-53+,63-61+. The van der Waals surface area contributed by atoms with Gasteiger partial charge < -0.3 is 28.8 Å². The van der Waals surface area contributed by atoms with Crippen LogP contribution in [0.15, 0.2) is 60.8 Å². The van der Waals surface area contributed by atoms with E-state index in [1.165, 1.54) is 257 Å². The zero-order chi connectivity index (χ0) is 57.7. The third-order valence-corrected chi connectivity index (χ3v) is 16.4. The molecule has 79 heavy (non-hydrogen) atoms. The highest BCUT2D eigenvalue weighted by Gasteiger charge is 2.23. The van der Waals surface area contributed by atoms with Crippen LogP contribution >= 0.6 is 7.82 Å². The second-order valence-electron chi connectivity index (χ2n) is 24.5. The monoisotopic (exact) mass is 1130 g/mol. The van der Waals surface area contributed by atoms with Gasteiger partial charge in [0.2, 0.25) is 5.91 Å². The lowest BCUT2D eigenvalue weighted by Crippen LogP contribution is -2.45. The highest BCUT2D eigenvalue weighted by Crippen LogP contribution is 2.38. The van der Waals surface area contributed by atoms with Gasteiger partial charge in [0.25, 0.3) is 7.82 Å². The summed E-state index contributed by atoms with van der Waals surface area (Å²) in [5.74, 6) is -0.210. The Hall–Kier alpha value is -1.80. The van der Waals surface area contributed by atoms with Crippen LogP contribution in [0.25, 0.3) is 0 Å². The van der Waals surface area contributed by atoms with Crippen molar-refractivity contribution in [2.75, 3.05) is 40.9 Å². The van der Waals surface area contributed by atoms with Crippen molar-refractivity contribution in [3.63, 3.8) is 0 Å². The molecule has 0 rings (SSSR count). The normalized spacial score (nSPS) is 14.1. The topological polar surface area (TPSA) is 108 Å². The summed E-state index contributed by atoms with van der Waals surface area (Å²) in [5.41, 5.74) is 0. The molecule has 0 aliphatic rings. The fraction of sp³-hybridized carbons (Fsp3) is 0.843. The molecule has 0 aromatic carbocycles. The van der Waals surface area contributed by atoms with E-state index in [0.717, 1.165) is 51.4 Å². The Kier molecular flexibility index (Phi) is 59.4. The van der Waals surface area contributed by atoms with Gasteiger partial charge in [0, 0.05) is 6.42 Å². The number of amides is 1. The van der Waals surface area contributed by atoms with Crippen molar-refractivity contribution >= 4 is 13.7 Å². The predicted octanol–water partition coefficient (Wildman–Crippen LogP) is 21.0. The Morgan fingerprint density at radius 1 is 0.443 bits per heavy atom. The predicted molar refractivity (Wildman–Crippen MR) is 344 cm³/mol. The van der Waals surface area contributed by atoms with Crippen molar-refractivity contribution in [2.24, 2.45) is 0 Å². The average Bonchev–Trinajstić information content (AvgIpc) is 3.42. The molecule has 0 aromatic heterocycles. The fourth-order valence-corrected chi connectivity index (χ4v) is 10.8. The van der Waals surface area contributed by atoms with Gasteiger partial charge in [-0.25, -0.2) is 0 Å². The van der Waals surface area contributed by atoms with Crippen molar-refractivity contribution in [1.82, 2.24) is 5.32 Å². The first-order valence-corrected chi connectivity index (χ1v) is 35.6. The largest absolute Gasteiger partial charge is 0.756 e. The second kappa shape index (κ2) is 60.8. The third-order valence-electron chi connectivity index (χ3n) is 15.4. The van der Waals surface area contributed by atoms with Crippen LogP contribution in [0.4, 0.5) is 0 Å². The van der Waals surface area contributed by atoms with Crippen LogP contribution in [-0.4, -0.2) is 68.5 Å². The van der Waals surface area contributed by atoms with Gasteiger partial charge in [0.15, 0.2) is 0 Å². The first-order valence-electron chi connectivity index (χ1n) is 34.2. The van der Waals surface area contributed by atoms with Crippen molar-refractivity contribution in [1.29, 1.82) is 0 Å². The maximum Gasteiger partial charge on any atom is 0.268 e. The number of phosphoric ester groups is 1. The van der Waals surface area contributed by atoms with E-state index in [4.69, 9.17) is 9.05 Å². The Morgan fingerprint density at radius 2 is 0.747 bits per heavy atom. The number of hydrogen-bond acceptors (Lipinski definition) is 6. The average molecular weight is 1130 g/mol. The van der Waals surface area contributed by atoms with Crippen LogP contribution < -0.4 is 10.2 Å². The highest BCUT2D eigenvalue weighted by molar-refractivity contribution is 7.45. The van der Waals surface area contributed by atoms with E-state index >= 15 is 0 Å². The number of likely N-dealkylation sites (N-methyl/N-ethyl adjacent to an activating group) is 1. The number of nitrogens with zero attached hydrogens (tertiary/aromatic N) is 1. The molecular formula is C70H133N2O6P. The number of aliphatic hydroxyl groups is 1. The lowest BCUT2D eigenvalue weighted by atomic mass is 10.0. The molecule has 2 N–H and O–H groups in total. The Labute approximate surface area is 492 Å². The fourth-order valence-electron chi connectivity index (χ4n) is 10.1. The third kappa shape index (κ3) is 63.6. The van der Waals surface area contributed by atoms with E-state index in [0.29, 0.717) is 17.4 Å². The smallest absolute Gasteiger partial charge is 0.268 e. The molecule has 9 heteroatoms. The number of quaternary nitrogens is 1. The zero-order valence-electron chi connectivity index (χ0n) is 53.1. The molecule has 3 atom stereocenters. The molecule has 0 spiro atoms. The minimum Gasteiger partial charge on any atom is -0.756 e. The molecule has 0 radical (unpaired) electrons. The zero-order valence-corrected chi connectivity index (χ0v) is 54.0. The summed E-state index contributed by atoms with van der Waals surface area (Å²) in [4.78, 5) is 25.6. The van der Waals surface area contributed by atoms with E-state index in [-0.39, 0.29) is 12.5 Å². The van der Waals surface area contributed by atoms with Crippen molar-refractivity contribution in [3.8, 4) is 0 Å². The van der Waals surface area contributed by atoms with E-state index in [9.17, 15) is 19.4 Å². The van der Waals surface area contributed by atoms with Crippen LogP contribution in [0.5, 0.6) is 0 Å². The number of carbonyl (C=O) groups excluding carboxylic acids is 1. The van der Waals surface area contributed by atoms with E-state index in [1.807, 2.05) is 27.2 Å². The molecule has 0 saturated carbocycles. The molecule has 0 heterocycles. The number of rotatable bonds is 63. The second-order valence-corrected chi connectivity index (χ2v) is 25.9. The SMILES string of the molecule is CCCCCCC/C=C\C/C=C\CCCCCCCCCCCCCCCC(=O)NC(COP(=O)([O-])OCC[N+](C)(C)C)C(O)/C=C/CC/C=C/CC/C=C/CCCCCCCCCCCCCCCCCCCCCCCC. The summed E-state index contributed by atoms with van der Waals surface area (Å²) in [6, 6.07) is -0.914. The summed E-state index contributed by atoms with van der Waals surface area (Å²) < 4.78 is 23.4. The minimum atomic E-state index is -4.62. The molecule has 0 aliphatic carbocycles. The number of phosphoric acid groups is 1. The molecule has 0 bridgehead atoms. The molecule has 0 aromatic rings. The van der Waals surface area contributed by atoms with Gasteiger partial charge >= 0.3 is 0 Å². The molecule has 3 unspecified atom stereocenters. The summed E-state index contributed by atoms with van der Waals surface area (Å²) in [6.45, 7) is 4.65. The number of carbonyl (C=O) groups is 1. The van der Waals surface area contributed by atoms with Gasteiger partial charge in [0.05, 0.1) is 39.9 Å². The van der Waals surface area contributed by atoms with Crippen LogP contribution in [0.1, 0.15) is 328 Å². The van der Waals surface area contributed by atoms with Crippen LogP contribution in [-0.2, 0) is 18.4 Å². The van der Waals surface area contributed by atoms with Crippen molar-refractivity contribution < 1.29 is 32.9 Å². The molecular weight excluding hydrogens is 996 g/mol. The summed E-state index contributed by atoms with van der Waals surface area (Å²) in [6.07, 6.45) is 83.4. The van der Waals surface area contributed by atoms with Crippen LogP contribution in [0.3, 0.4) is 0 Å².